The summed E-state index contributed by atoms with van der Waals surface area (Å²) in [5.41, 5.74) is 5.11. The third-order valence-electron chi connectivity index (χ3n) is 19.3. The van der Waals surface area contributed by atoms with Crippen LogP contribution >= 0.6 is 0 Å². The van der Waals surface area contributed by atoms with Crippen molar-refractivity contribution in [2.45, 2.75) is 117 Å². The molecule has 2 saturated heterocycles. The van der Waals surface area contributed by atoms with Crippen LogP contribution in [0.5, 0.6) is 0 Å². The molecule has 2 fully saturated rings. The number of piperazine rings is 2. The van der Waals surface area contributed by atoms with Gasteiger partial charge in [0, 0.05) is 94.7 Å². The molecule has 8 bridgehead atoms. The molecular formula is C73H76F4N18O4. The molecule has 4 aliphatic rings. The Balaban J connectivity index is 0.000000178. The summed E-state index contributed by atoms with van der Waals surface area (Å²) in [4.78, 5) is 84.6. The molecule has 4 aromatic carbocycles. The van der Waals surface area contributed by atoms with E-state index >= 15 is 17.6 Å². The van der Waals surface area contributed by atoms with Crippen LogP contribution in [0, 0.1) is 23.3 Å². The second kappa shape index (κ2) is 26.5. The highest BCUT2D eigenvalue weighted by Gasteiger charge is 2.38. The van der Waals surface area contributed by atoms with Crippen molar-refractivity contribution in [2.24, 2.45) is 0 Å². The van der Waals surface area contributed by atoms with Gasteiger partial charge in [-0.1, -0.05) is 99.8 Å². The van der Waals surface area contributed by atoms with E-state index in [1.807, 2.05) is 125 Å². The van der Waals surface area contributed by atoms with E-state index in [1.165, 1.54) is 45.6 Å². The molecular weight excluding hydrogens is 1270 g/mol. The first-order valence-electron chi connectivity index (χ1n) is 33.1. The standard InChI is InChI=1S/C37H39F2N9O2.C36H37F2N9O2/c1-7-31(49)46-17-23(5)47(18-22(46)4)35-27-16-29(39)33-32-24(10-8-12-28(32)38)19-45-20-25(42-43-45)14-15-44(6)30-13-9-11-26(21(2)3)34(30)48(36(27)40-33)37(50)41-35;1-7-30(48)45-15-22(5)46(16-21(45)4)34-26-14-28(38)32-31-23(10-8-12-27(31)37)17-44-19-24(41-42-44)18-43(6)29-13-9-11-25(20(2)3)33(29)47(35(26)39-32)36(49)40-34/h7-13,16,20-23H,1,14-15,17-19H2,2-6H3;7-14,19-22H,1,15-18H2,2-6H3/t22-,23+;21-,22+/m11/s1. The molecule has 4 atom stereocenters. The van der Waals surface area contributed by atoms with Gasteiger partial charge in [-0.25, -0.2) is 55.6 Å². The van der Waals surface area contributed by atoms with Gasteiger partial charge < -0.3 is 29.4 Å². The number of para-hydroxylation sites is 2. The first-order chi connectivity index (χ1) is 47.4. The molecule has 0 saturated carbocycles. The van der Waals surface area contributed by atoms with Gasteiger partial charge in [0.15, 0.2) is 11.3 Å². The number of carbonyl (C=O) groups is 2. The normalized spacial score (nSPS) is 17.7. The highest BCUT2D eigenvalue weighted by atomic mass is 19.1. The molecule has 510 valence electrons. The zero-order valence-corrected chi connectivity index (χ0v) is 56.8. The maximum atomic E-state index is 16.6. The van der Waals surface area contributed by atoms with Crippen LogP contribution in [-0.2, 0) is 35.6 Å². The van der Waals surface area contributed by atoms with Crippen molar-refractivity contribution < 1.29 is 27.2 Å². The largest absolute Gasteiger partial charge is 0.372 e. The van der Waals surface area contributed by atoms with Gasteiger partial charge in [-0.15, -0.1) is 10.2 Å². The van der Waals surface area contributed by atoms with Crippen molar-refractivity contribution >= 4 is 56.9 Å². The van der Waals surface area contributed by atoms with Crippen molar-refractivity contribution in [3.8, 4) is 33.9 Å². The van der Waals surface area contributed by atoms with Gasteiger partial charge in [-0.2, -0.15) is 9.97 Å². The number of anilines is 4. The predicted octanol–water partition coefficient (Wildman–Crippen LogP) is 10.1. The second-order valence-electron chi connectivity index (χ2n) is 26.7. The van der Waals surface area contributed by atoms with E-state index in [1.54, 1.807) is 55.8 Å². The summed E-state index contributed by atoms with van der Waals surface area (Å²) in [5.74, 6) is -2.78. The smallest absolute Gasteiger partial charge is 0.355 e. The number of likely N-dealkylation sites (N-methyl/N-ethyl adjacent to an activating group) is 1. The van der Waals surface area contributed by atoms with E-state index in [0.29, 0.717) is 85.0 Å². The lowest BCUT2D eigenvalue weighted by atomic mass is 9.98. The fraction of sp³-hybridized carbons (Fsp3) is 0.342. The van der Waals surface area contributed by atoms with Crippen LogP contribution in [-0.4, -0.2) is 152 Å². The number of hydrogen-bond acceptors (Lipinski definition) is 16. The van der Waals surface area contributed by atoms with E-state index in [9.17, 15) is 19.2 Å². The van der Waals surface area contributed by atoms with Crippen molar-refractivity contribution in [3.05, 3.63) is 201 Å². The Morgan fingerprint density at radius 3 is 1.39 bits per heavy atom. The molecule has 0 N–H and O–H groups in total. The molecule has 6 aromatic heterocycles. The van der Waals surface area contributed by atoms with Gasteiger partial charge in [0.05, 0.1) is 65.0 Å². The average molecular weight is 1350 g/mol. The lowest BCUT2D eigenvalue weighted by Crippen LogP contribution is -2.58. The van der Waals surface area contributed by atoms with E-state index in [2.05, 4.69) is 43.7 Å². The first-order valence-corrected chi connectivity index (χ1v) is 33.1. The Kier molecular flexibility index (Phi) is 17.8. The molecule has 4 aliphatic heterocycles. The first kappa shape index (κ1) is 66.7. The van der Waals surface area contributed by atoms with Gasteiger partial charge in [0.1, 0.15) is 52.0 Å². The fourth-order valence-corrected chi connectivity index (χ4v) is 14.3. The van der Waals surface area contributed by atoms with Gasteiger partial charge in [0.25, 0.3) is 0 Å². The summed E-state index contributed by atoms with van der Waals surface area (Å²) in [6, 6.07) is 22.2. The molecule has 26 heteroatoms. The summed E-state index contributed by atoms with van der Waals surface area (Å²) in [6.45, 7) is 25.6. The minimum absolute atomic E-state index is 0.0172. The van der Waals surface area contributed by atoms with E-state index in [0.717, 1.165) is 22.5 Å². The highest BCUT2D eigenvalue weighted by molar-refractivity contribution is 5.94. The summed E-state index contributed by atoms with van der Waals surface area (Å²) in [6.07, 6.45) is 6.70. The Hall–Kier alpha value is -10.9. The van der Waals surface area contributed by atoms with Gasteiger partial charge in [0.2, 0.25) is 11.8 Å². The third kappa shape index (κ3) is 12.1. The maximum absolute atomic E-state index is 16.6. The second-order valence-corrected chi connectivity index (χ2v) is 26.7. The van der Waals surface area contributed by atoms with Crippen molar-refractivity contribution in [2.75, 3.05) is 66.4 Å². The Bertz CT molecular complexity index is 5020. The Morgan fingerprint density at radius 1 is 0.525 bits per heavy atom. The van der Waals surface area contributed by atoms with E-state index in [-0.39, 0.29) is 112 Å². The van der Waals surface area contributed by atoms with Gasteiger partial charge in [-0.05, 0) is 110 Å². The molecule has 22 nitrogen and oxygen atoms in total. The van der Waals surface area contributed by atoms with E-state index < -0.39 is 34.6 Å². The van der Waals surface area contributed by atoms with Crippen molar-refractivity contribution in [1.29, 1.82) is 0 Å². The summed E-state index contributed by atoms with van der Waals surface area (Å²) in [7, 11) is 3.84. The number of nitrogens with zero attached hydrogens (tertiary/aromatic N) is 18. The van der Waals surface area contributed by atoms with E-state index in [4.69, 9.17) is 9.97 Å². The lowest BCUT2D eigenvalue weighted by Gasteiger charge is -2.44. The minimum Gasteiger partial charge on any atom is -0.372 e. The SMILES string of the molecule is C=CC(=O)N1C[C@H](C)N(c2nc(=O)n3c4nc(c(F)cc24)-c2c(F)cccc2Cn2cc(nn2)CCN(C)c2cccc(C(C)C)c2-3)C[C@H]1C.C=CC(=O)N1C[C@H](C)N(c2nc(=O)n3c4nc(c(F)cc24)-c2c(F)cccc2Cn2cc(nn2)CN(C)c2cccc(C(C)C)c2-3)C[C@H]1C. The molecule has 0 unspecified atom stereocenters. The molecule has 0 aliphatic carbocycles. The summed E-state index contributed by atoms with van der Waals surface area (Å²) in [5, 5.41) is 17.8. The summed E-state index contributed by atoms with van der Waals surface area (Å²) < 4.78 is 71.0. The quantitative estimate of drug-likeness (QED) is 0.112. The minimum atomic E-state index is -0.769. The van der Waals surface area contributed by atoms with Crippen molar-refractivity contribution in [3.63, 3.8) is 0 Å². The van der Waals surface area contributed by atoms with Crippen LogP contribution in [0.15, 0.2) is 132 Å². The zero-order chi connectivity index (χ0) is 70.2. The number of carbonyl (C=O) groups excluding carboxylic acids is 2. The van der Waals surface area contributed by atoms with Crippen LogP contribution in [0.4, 0.5) is 40.6 Å². The monoisotopic (exact) mass is 1340 g/mol. The molecule has 0 spiro atoms. The fourth-order valence-electron chi connectivity index (χ4n) is 14.3. The van der Waals surface area contributed by atoms with Gasteiger partial charge >= 0.3 is 11.4 Å². The van der Waals surface area contributed by atoms with Crippen molar-refractivity contribution in [1.82, 2.24) is 68.9 Å². The molecule has 0 radical (unpaired) electrons. The van der Waals surface area contributed by atoms with Crippen LogP contribution in [0.25, 0.3) is 56.0 Å². The Labute approximate surface area is 568 Å². The number of rotatable bonds is 6. The number of amides is 2. The molecule has 2 amide bonds. The highest BCUT2D eigenvalue weighted by Crippen LogP contribution is 2.41. The number of pyridine rings is 2. The molecule has 10 heterocycles. The molecule has 14 rings (SSSR count). The maximum Gasteiger partial charge on any atom is 0.355 e. The van der Waals surface area contributed by atoms with Crippen LogP contribution in [0.2, 0.25) is 0 Å². The number of benzene rings is 4. The zero-order valence-electron chi connectivity index (χ0n) is 56.8. The number of hydrogen-bond donors (Lipinski definition) is 0. The molecule has 99 heavy (non-hydrogen) atoms. The number of aromatic nitrogens is 12. The molecule has 10 aromatic rings. The topological polar surface area (TPSA) is 211 Å². The van der Waals surface area contributed by atoms with Crippen LogP contribution < -0.4 is 31.0 Å². The Morgan fingerprint density at radius 2 is 0.949 bits per heavy atom. The predicted molar refractivity (Wildman–Crippen MR) is 373 cm³/mol. The van der Waals surface area contributed by atoms with Crippen LogP contribution in [0.3, 0.4) is 0 Å². The average Bonchev–Trinajstić information content (AvgIpc) is 1.14. The van der Waals surface area contributed by atoms with Crippen LogP contribution in [0.1, 0.15) is 101 Å². The van der Waals surface area contributed by atoms with Gasteiger partial charge in [-0.3, -0.25) is 9.59 Å². The summed E-state index contributed by atoms with van der Waals surface area (Å²) >= 11 is 0. The number of halogens is 4. The lowest BCUT2D eigenvalue weighted by molar-refractivity contribution is -0.129. The number of fused-ring (bicyclic) bond motifs is 14. The third-order valence-corrected chi connectivity index (χ3v) is 19.3.